The zero-order valence-corrected chi connectivity index (χ0v) is 12.7. The number of urea groups is 1. The number of phenols is 1. The van der Waals surface area contributed by atoms with Gasteiger partial charge in [-0.15, -0.1) is 0 Å². The number of nitrogens with zero attached hydrogens (tertiary/aromatic N) is 2. The molecule has 6 heteroatoms. The predicted molar refractivity (Wildman–Crippen MR) is 84.3 cm³/mol. The first kappa shape index (κ1) is 15.0. The summed E-state index contributed by atoms with van der Waals surface area (Å²) >= 11 is 0. The fourth-order valence-corrected chi connectivity index (χ4v) is 3.00. The van der Waals surface area contributed by atoms with E-state index in [0.29, 0.717) is 25.4 Å². The summed E-state index contributed by atoms with van der Waals surface area (Å²) in [6.07, 6.45) is 2.28. The Morgan fingerprint density at radius 1 is 1.27 bits per heavy atom. The molecule has 1 aromatic carbocycles. The summed E-state index contributed by atoms with van der Waals surface area (Å²) in [6.45, 7) is 4.17. The van der Waals surface area contributed by atoms with E-state index < -0.39 is 0 Å². The molecule has 2 aliphatic heterocycles. The molecule has 2 saturated heterocycles. The highest BCUT2D eigenvalue weighted by Gasteiger charge is 2.23. The number of rotatable bonds is 3. The Balaban J connectivity index is 1.46. The highest BCUT2D eigenvalue weighted by atomic mass is 16.5. The highest BCUT2D eigenvalue weighted by Crippen LogP contribution is 2.27. The molecular formula is C16H23N3O3. The summed E-state index contributed by atoms with van der Waals surface area (Å²) in [6, 6.07) is 7.30. The number of phenolic OH excluding ortho intramolecular Hbond substituents is 1. The number of anilines is 1. The minimum absolute atomic E-state index is 0.0209. The molecule has 120 valence electrons. The Morgan fingerprint density at radius 3 is 2.73 bits per heavy atom. The molecule has 0 radical (unpaired) electrons. The summed E-state index contributed by atoms with van der Waals surface area (Å²) in [5, 5.41) is 12.8. The standard InChI is InChI=1S/C16H23N3O3/c20-15-6-2-1-5-14(15)18-7-9-19(10-8-18)16(21)17-12-13-4-3-11-22-13/h1-2,5-6,13,20H,3-4,7-12H2,(H,17,21). The molecule has 0 spiro atoms. The summed E-state index contributed by atoms with van der Waals surface area (Å²) in [7, 11) is 0. The number of carbonyl (C=O) groups excluding carboxylic acids is 1. The van der Waals surface area contributed by atoms with Crippen molar-refractivity contribution in [1.82, 2.24) is 10.2 Å². The van der Waals surface area contributed by atoms with Crippen LogP contribution in [0.5, 0.6) is 5.75 Å². The van der Waals surface area contributed by atoms with Gasteiger partial charge < -0.3 is 25.0 Å². The zero-order valence-electron chi connectivity index (χ0n) is 12.7. The van der Waals surface area contributed by atoms with Crippen molar-refractivity contribution in [2.75, 3.05) is 44.2 Å². The lowest BCUT2D eigenvalue weighted by molar-refractivity contribution is 0.108. The summed E-state index contributed by atoms with van der Waals surface area (Å²) < 4.78 is 5.51. The summed E-state index contributed by atoms with van der Waals surface area (Å²) in [5.41, 5.74) is 0.835. The van der Waals surface area contributed by atoms with Crippen LogP contribution in [0.2, 0.25) is 0 Å². The number of ether oxygens (including phenoxy) is 1. The third-order valence-electron chi connectivity index (χ3n) is 4.29. The SMILES string of the molecule is O=C(NCC1CCCO1)N1CCN(c2ccccc2O)CC1. The van der Waals surface area contributed by atoms with Crippen LogP contribution >= 0.6 is 0 Å². The Bertz CT molecular complexity index is 509. The molecule has 0 aromatic heterocycles. The van der Waals surface area contributed by atoms with Crippen molar-refractivity contribution in [3.05, 3.63) is 24.3 Å². The number of piperazine rings is 1. The van der Waals surface area contributed by atoms with Crippen molar-refractivity contribution in [3.63, 3.8) is 0 Å². The molecule has 2 heterocycles. The van der Waals surface area contributed by atoms with Crippen molar-refractivity contribution in [3.8, 4) is 5.75 Å². The van der Waals surface area contributed by atoms with Crippen LogP contribution in [0.1, 0.15) is 12.8 Å². The molecule has 0 bridgehead atoms. The van der Waals surface area contributed by atoms with Gasteiger partial charge in [-0.2, -0.15) is 0 Å². The molecule has 0 saturated carbocycles. The van der Waals surface area contributed by atoms with Gasteiger partial charge in [0.05, 0.1) is 11.8 Å². The quantitative estimate of drug-likeness (QED) is 0.886. The Hall–Kier alpha value is -1.95. The molecule has 2 N–H and O–H groups in total. The lowest BCUT2D eigenvalue weighted by Crippen LogP contribution is -2.52. The van der Waals surface area contributed by atoms with E-state index in [2.05, 4.69) is 10.2 Å². The van der Waals surface area contributed by atoms with Gasteiger partial charge in [0, 0.05) is 39.3 Å². The van der Waals surface area contributed by atoms with Gasteiger partial charge in [-0.3, -0.25) is 0 Å². The normalized spacial score (nSPS) is 21.9. The maximum Gasteiger partial charge on any atom is 0.317 e. The van der Waals surface area contributed by atoms with Gasteiger partial charge in [0.2, 0.25) is 0 Å². The maximum atomic E-state index is 12.2. The number of benzene rings is 1. The first-order valence-electron chi connectivity index (χ1n) is 7.91. The van der Waals surface area contributed by atoms with Gasteiger partial charge in [-0.05, 0) is 25.0 Å². The van der Waals surface area contributed by atoms with Crippen molar-refractivity contribution >= 4 is 11.7 Å². The van der Waals surface area contributed by atoms with Crippen LogP contribution in [0, 0.1) is 0 Å². The van der Waals surface area contributed by atoms with Crippen molar-refractivity contribution in [1.29, 1.82) is 0 Å². The average Bonchev–Trinajstić information content (AvgIpc) is 3.07. The first-order valence-corrected chi connectivity index (χ1v) is 7.91. The number of aromatic hydroxyl groups is 1. The molecular weight excluding hydrogens is 282 g/mol. The molecule has 0 aliphatic carbocycles. The molecule has 1 unspecified atom stereocenters. The number of hydrogen-bond donors (Lipinski definition) is 2. The number of para-hydroxylation sites is 2. The lowest BCUT2D eigenvalue weighted by atomic mass is 10.2. The maximum absolute atomic E-state index is 12.2. The van der Waals surface area contributed by atoms with E-state index in [1.165, 1.54) is 0 Å². The third kappa shape index (κ3) is 3.44. The molecule has 2 fully saturated rings. The molecule has 6 nitrogen and oxygen atoms in total. The first-order chi connectivity index (χ1) is 10.7. The van der Waals surface area contributed by atoms with Gasteiger partial charge in [0.1, 0.15) is 5.75 Å². The lowest BCUT2D eigenvalue weighted by Gasteiger charge is -2.36. The Morgan fingerprint density at radius 2 is 2.05 bits per heavy atom. The molecule has 1 atom stereocenters. The number of nitrogens with one attached hydrogen (secondary N) is 1. The molecule has 2 aliphatic rings. The van der Waals surface area contributed by atoms with Crippen LogP contribution in [-0.2, 0) is 4.74 Å². The summed E-state index contributed by atoms with van der Waals surface area (Å²) in [4.78, 5) is 16.1. The van der Waals surface area contributed by atoms with Crippen LogP contribution in [0.25, 0.3) is 0 Å². The smallest absolute Gasteiger partial charge is 0.317 e. The summed E-state index contributed by atoms with van der Waals surface area (Å²) in [5.74, 6) is 0.291. The van der Waals surface area contributed by atoms with Crippen molar-refractivity contribution < 1.29 is 14.6 Å². The van der Waals surface area contributed by atoms with Crippen molar-refractivity contribution in [2.24, 2.45) is 0 Å². The fraction of sp³-hybridized carbons (Fsp3) is 0.562. The van der Waals surface area contributed by atoms with Gasteiger partial charge in [0.25, 0.3) is 0 Å². The minimum Gasteiger partial charge on any atom is -0.506 e. The second-order valence-electron chi connectivity index (χ2n) is 5.78. The van der Waals surface area contributed by atoms with Crippen LogP contribution < -0.4 is 10.2 Å². The van der Waals surface area contributed by atoms with Crippen LogP contribution in [-0.4, -0.2) is 61.5 Å². The van der Waals surface area contributed by atoms with E-state index in [9.17, 15) is 9.90 Å². The largest absolute Gasteiger partial charge is 0.506 e. The fourth-order valence-electron chi connectivity index (χ4n) is 3.00. The predicted octanol–water partition coefficient (Wildman–Crippen LogP) is 1.40. The second-order valence-corrected chi connectivity index (χ2v) is 5.78. The van der Waals surface area contributed by atoms with E-state index in [1.54, 1.807) is 6.07 Å². The molecule has 22 heavy (non-hydrogen) atoms. The van der Waals surface area contributed by atoms with Crippen LogP contribution in [0.3, 0.4) is 0 Å². The zero-order chi connectivity index (χ0) is 15.4. The van der Waals surface area contributed by atoms with E-state index in [1.807, 2.05) is 23.1 Å². The number of amides is 2. The van der Waals surface area contributed by atoms with E-state index in [0.717, 1.165) is 38.2 Å². The number of carbonyl (C=O) groups is 1. The topological polar surface area (TPSA) is 65.0 Å². The Kier molecular flexibility index (Phi) is 4.68. The number of hydrogen-bond acceptors (Lipinski definition) is 4. The van der Waals surface area contributed by atoms with Crippen molar-refractivity contribution in [2.45, 2.75) is 18.9 Å². The highest BCUT2D eigenvalue weighted by molar-refractivity contribution is 5.74. The average molecular weight is 305 g/mol. The molecule has 3 rings (SSSR count). The van der Waals surface area contributed by atoms with E-state index >= 15 is 0 Å². The van der Waals surface area contributed by atoms with Gasteiger partial charge in [-0.1, -0.05) is 12.1 Å². The van der Waals surface area contributed by atoms with E-state index in [4.69, 9.17) is 4.74 Å². The molecule has 2 amide bonds. The minimum atomic E-state index is -0.0209. The third-order valence-corrected chi connectivity index (χ3v) is 4.29. The van der Waals surface area contributed by atoms with Crippen LogP contribution in [0.4, 0.5) is 10.5 Å². The van der Waals surface area contributed by atoms with Gasteiger partial charge >= 0.3 is 6.03 Å². The monoisotopic (exact) mass is 305 g/mol. The van der Waals surface area contributed by atoms with Crippen LogP contribution in [0.15, 0.2) is 24.3 Å². The van der Waals surface area contributed by atoms with Gasteiger partial charge in [0.15, 0.2) is 0 Å². The second kappa shape index (κ2) is 6.87. The van der Waals surface area contributed by atoms with Gasteiger partial charge in [-0.25, -0.2) is 4.79 Å². The Labute approximate surface area is 130 Å². The van der Waals surface area contributed by atoms with E-state index in [-0.39, 0.29) is 12.1 Å². The molecule has 1 aromatic rings.